The lowest BCUT2D eigenvalue weighted by atomic mass is 9.88. The first-order chi connectivity index (χ1) is 15.0. The molecule has 1 aliphatic heterocycles. The Balaban J connectivity index is 1.61. The van der Waals surface area contributed by atoms with Crippen LogP contribution in [0.4, 0.5) is 10.2 Å². The summed E-state index contributed by atoms with van der Waals surface area (Å²) in [6.45, 7) is 1.98. The predicted octanol–water partition coefficient (Wildman–Crippen LogP) is 5.66. The van der Waals surface area contributed by atoms with E-state index in [1.165, 1.54) is 0 Å². The minimum Gasteiger partial charge on any atom is -0.384 e. The van der Waals surface area contributed by atoms with Crippen LogP contribution < -0.4 is 5.73 Å². The highest BCUT2D eigenvalue weighted by molar-refractivity contribution is 6.18. The number of halogens is 1. The summed E-state index contributed by atoms with van der Waals surface area (Å²) in [6, 6.07) is 10.1. The fourth-order valence-electron chi connectivity index (χ4n) is 4.55. The van der Waals surface area contributed by atoms with Crippen molar-refractivity contribution in [2.75, 3.05) is 5.73 Å². The van der Waals surface area contributed by atoms with Crippen molar-refractivity contribution >= 4 is 11.5 Å². The van der Waals surface area contributed by atoms with Gasteiger partial charge in [0.15, 0.2) is 5.76 Å². The van der Waals surface area contributed by atoms with Gasteiger partial charge in [-0.05, 0) is 67.2 Å². The van der Waals surface area contributed by atoms with Crippen LogP contribution in [-0.4, -0.2) is 15.9 Å². The van der Waals surface area contributed by atoms with Gasteiger partial charge in [-0.1, -0.05) is 23.4 Å². The zero-order valence-corrected chi connectivity index (χ0v) is 17.2. The summed E-state index contributed by atoms with van der Waals surface area (Å²) in [4.78, 5) is 9.48. The smallest absolute Gasteiger partial charge is 0.172 e. The molecule has 1 saturated carbocycles. The minimum absolute atomic E-state index is 0.0899. The van der Waals surface area contributed by atoms with Crippen molar-refractivity contribution in [2.24, 2.45) is 4.99 Å². The number of nitrogens with zero attached hydrogens (tertiary/aromatic N) is 3. The van der Waals surface area contributed by atoms with Gasteiger partial charge in [-0.2, -0.15) is 0 Å². The Bertz CT molecular complexity index is 1310. The Morgan fingerprint density at radius 1 is 1.03 bits per heavy atom. The van der Waals surface area contributed by atoms with Gasteiger partial charge in [-0.3, -0.25) is 4.99 Å². The number of nitrogens with two attached hydrogens (primary N) is 1. The molecule has 0 radical (unpaired) electrons. The summed E-state index contributed by atoms with van der Waals surface area (Å²) >= 11 is 0. The quantitative estimate of drug-likeness (QED) is 0.589. The summed E-state index contributed by atoms with van der Waals surface area (Å²) in [5.74, 6) is 1.25. The van der Waals surface area contributed by atoms with Crippen LogP contribution in [0.3, 0.4) is 0 Å². The van der Waals surface area contributed by atoms with Crippen LogP contribution in [0, 0.1) is 6.92 Å². The lowest BCUT2D eigenvalue weighted by Crippen LogP contribution is -2.12. The van der Waals surface area contributed by atoms with Crippen LogP contribution in [0.15, 0.2) is 69.6 Å². The number of aliphatic imine (C=N–C) groups is 1. The van der Waals surface area contributed by atoms with Gasteiger partial charge in [-0.25, -0.2) is 9.37 Å². The molecule has 2 aliphatic carbocycles. The third kappa shape index (κ3) is 2.86. The van der Waals surface area contributed by atoms with Crippen molar-refractivity contribution in [3.63, 3.8) is 0 Å². The molecule has 0 amide bonds. The summed E-state index contributed by atoms with van der Waals surface area (Å²) < 4.78 is 19.5. The van der Waals surface area contributed by atoms with Crippen LogP contribution >= 0.6 is 0 Å². The lowest BCUT2D eigenvalue weighted by molar-refractivity contribution is 0.354. The summed E-state index contributed by atoms with van der Waals surface area (Å²) in [5, 5.41) is 4.27. The van der Waals surface area contributed by atoms with Gasteiger partial charge in [0.1, 0.15) is 17.2 Å². The molecule has 1 spiro atoms. The van der Waals surface area contributed by atoms with Crippen LogP contribution in [0.5, 0.6) is 0 Å². The van der Waals surface area contributed by atoms with Gasteiger partial charge in [-0.15, -0.1) is 0 Å². The van der Waals surface area contributed by atoms with Crippen molar-refractivity contribution in [3.8, 4) is 22.3 Å². The molecule has 0 unspecified atom stereocenters. The molecule has 1 fully saturated rings. The van der Waals surface area contributed by atoms with Crippen molar-refractivity contribution in [2.45, 2.75) is 38.1 Å². The van der Waals surface area contributed by atoms with Gasteiger partial charge < -0.3 is 10.3 Å². The maximum absolute atomic E-state index is 13.7. The molecule has 6 heteroatoms. The van der Waals surface area contributed by atoms with Gasteiger partial charge >= 0.3 is 0 Å². The third-order valence-corrected chi connectivity index (χ3v) is 6.40. The minimum atomic E-state index is -0.367. The zero-order chi connectivity index (χ0) is 21.2. The average Bonchev–Trinajstić information content (AvgIpc) is 3.48. The molecule has 3 aromatic rings. The molecule has 2 N–H and O–H groups in total. The molecule has 5 nitrogen and oxygen atoms in total. The third-order valence-electron chi connectivity index (χ3n) is 6.40. The molecule has 3 heterocycles. The SMILES string of the molecule is Cc1noc2c1-c1ccc(-c3ccc(N)nc3)cc1C(C1=CC=C(F)CC1)=NC21CC1. The van der Waals surface area contributed by atoms with Gasteiger partial charge in [0.2, 0.25) is 0 Å². The van der Waals surface area contributed by atoms with Crippen molar-refractivity contribution < 1.29 is 8.91 Å². The summed E-state index contributed by atoms with van der Waals surface area (Å²) in [7, 11) is 0. The highest BCUT2D eigenvalue weighted by Crippen LogP contribution is 2.56. The van der Waals surface area contributed by atoms with Gasteiger partial charge in [0, 0.05) is 23.7 Å². The topological polar surface area (TPSA) is 77.3 Å². The Labute approximate surface area is 179 Å². The molecule has 0 bridgehead atoms. The number of benzene rings is 1. The molecule has 2 aromatic heterocycles. The number of aromatic nitrogens is 2. The molecular formula is C25H21FN4O. The van der Waals surface area contributed by atoms with Crippen LogP contribution in [-0.2, 0) is 5.54 Å². The van der Waals surface area contributed by atoms with E-state index in [0.29, 0.717) is 18.7 Å². The van der Waals surface area contributed by atoms with Gasteiger partial charge in [0.05, 0.1) is 17.0 Å². The number of rotatable bonds is 2. The number of hydrogen-bond donors (Lipinski definition) is 1. The highest BCUT2D eigenvalue weighted by atomic mass is 19.1. The number of nitrogen functional groups attached to an aromatic ring is 1. The van der Waals surface area contributed by atoms with E-state index in [1.54, 1.807) is 18.3 Å². The van der Waals surface area contributed by atoms with E-state index < -0.39 is 0 Å². The van der Waals surface area contributed by atoms with E-state index in [0.717, 1.165) is 63.4 Å². The Morgan fingerprint density at radius 2 is 1.87 bits per heavy atom. The van der Waals surface area contributed by atoms with Crippen LogP contribution in [0.25, 0.3) is 22.3 Å². The van der Waals surface area contributed by atoms with Gasteiger partial charge in [0.25, 0.3) is 0 Å². The van der Waals surface area contributed by atoms with Crippen molar-refractivity contribution in [1.82, 2.24) is 10.1 Å². The molecule has 154 valence electrons. The average molecular weight is 412 g/mol. The van der Waals surface area contributed by atoms with Crippen molar-refractivity contribution in [1.29, 1.82) is 0 Å². The largest absolute Gasteiger partial charge is 0.384 e. The highest BCUT2D eigenvalue weighted by Gasteiger charge is 2.52. The fourth-order valence-corrected chi connectivity index (χ4v) is 4.55. The summed E-state index contributed by atoms with van der Waals surface area (Å²) in [6.07, 6.45) is 8.09. The Hall–Kier alpha value is -3.54. The second kappa shape index (κ2) is 6.48. The number of allylic oxidation sites excluding steroid dienone is 4. The second-order valence-electron chi connectivity index (χ2n) is 8.50. The van der Waals surface area contributed by atoms with E-state index in [-0.39, 0.29) is 11.4 Å². The second-order valence-corrected chi connectivity index (χ2v) is 8.50. The van der Waals surface area contributed by atoms with Crippen molar-refractivity contribution in [3.05, 3.63) is 77.1 Å². The normalized spacial score (nSPS) is 18.5. The molecule has 3 aliphatic rings. The first kappa shape index (κ1) is 18.2. The zero-order valence-electron chi connectivity index (χ0n) is 17.2. The lowest BCUT2D eigenvalue weighted by Gasteiger charge is -2.17. The van der Waals surface area contributed by atoms with E-state index in [1.807, 2.05) is 19.1 Å². The first-order valence-electron chi connectivity index (χ1n) is 10.5. The predicted molar refractivity (Wildman–Crippen MR) is 118 cm³/mol. The molecule has 31 heavy (non-hydrogen) atoms. The first-order valence-corrected chi connectivity index (χ1v) is 10.5. The number of aryl methyl sites for hydroxylation is 1. The van der Waals surface area contributed by atoms with E-state index in [2.05, 4.69) is 28.3 Å². The van der Waals surface area contributed by atoms with E-state index >= 15 is 0 Å². The molecule has 1 aromatic carbocycles. The molecule has 0 saturated heterocycles. The van der Waals surface area contributed by atoms with E-state index in [9.17, 15) is 4.39 Å². The number of anilines is 1. The summed E-state index contributed by atoms with van der Waals surface area (Å²) in [5.41, 5.74) is 13.4. The molecule has 6 rings (SSSR count). The maximum Gasteiger partial charge on any atom is 0.172 e. The Kier molecular flexibility index (Phi) is 3.81. The van der Waals surface area contributed by atoms with Crippen LogP contribution in [0.2, 0.25) is 0 Å². The number of fused-ring (bicyclic) bond motifs is 4. The monoisotopic (exact) mass is 412 g/mol. The Morgan fingerprint density at radius 3 is 2.58 bits per heavy atom. The standard InChI is InChI=1S/C25H21FN4O/c1-14-22-19-8-4-16(17-5-9-21(27)28-13-17)12-20(19)23(15-2-6-18(26)7-3-15)29-25(10-11-25)24(22)31-30-14/h2,4-6,8-9,12-13H,3,7,10-11H2,1H3,(H2,27,28). The molecular weight excluding hydrogens is 391 g/mol. The number of hydrogen-bond acceptors (Lipinski definition) is 5. The fraction of sp³-hybridized carbons (Fsp3) is 0.240. The van der Waals surface area contributed by atoms with E-state index in [4.69, 9.17) is 15.2 Å². The maximum atomic E-state index is 13.7. The molecule has 0 atom stereocenters. The van der Waals surface area contributed by atoms with Crippen LogP contribution in [0.1, 0.15) is 42.7 Å². The number of pyridine rings is 1.